The van der Waals surface area contributed by atoms with E-state index in [9.17, 15) is 0 Å². The fraction of sp³-hybridized carbons (Fsp3) is 0.222. The predicted octanol–water partition coefficient (Wildman–Crippen LogP) is 14.3. The van der Waals surface area contributed by atoms with Gasteiger partial charge in [0.15, 0.2) is 47.8 Å². The Kier molecular flexibility index (Phi) is 13.4. The third kappa shape index (κ3) is 8.92. The van der Waals surface area contributed by atoms with E-state index in [1.165, 1.54) is 9.80 Å². The molecule has 0 fully saturated rings. The zero-order valence-corrected chi connectivity index (χ0v) is 50.3. The van der Waals surface area contributed by atoms with Gasteiger partial charge in [-0.25, -0.2) is 28.1 Å². The third-order valence-electron chi connectivity index (χ3n) is 16.6. The van der Waals surface area contributed by atoms with E-state index in [0.717, 1.165) is 22.3 Å². The van der Waals surface area contributed by atoms with Crippen LogP contribution in [0.25, 0.3) is 43.1 Å². The fourth-order valence-electron chi connectivity index (χ4n) is 12.8. The second-order valence-corrected chi connectivity index (χ2v) is 24.0. The number of nitrogens with zero attached hydrogens (tertiary/aromatic N) is 6. The minimum atomic E-state index is -0.543. The molecule has 428 valence electrons. The number of benzene rings is 7. The van der Waals surface area contributed by atoms with Gasteiger partial charge in [0.05, 0.1) is 33.6 Å². The van der Waals surface area contributed by atoms with Crippen LogP contribution in [0.1, 0.15) is 143 Å². The number of hydrogen-bond donors (Lipinski definition) is 0. The molecule has 14 heteroatoms. The number of imide groups is 2. The smallest absolute Gasteiger partial charge is 0.266 e. The number of hydrogen-bond acceptors (Lipinski definition) is 8. The lowest BCUT2D eigenvalue weighted by atomic mass is 9.80. The van der Waals surface area contributed by atoms with Crippen molar-refractivity contribution < 1.29 is 56.4 Å². The normalized spacial score (nSPS) is 13.3. The predicted molar refractivity (Wildman–Crippen MR) is 330 cm³/mol. The molecule has 0 aliphatic carbocycles. The summed E-state index contributed by atoms with van der Waals surface area (Å²) in [5.74, 6) is 0.204. The standard InChI is InChI=1S/C72H66N6O8/c1-39(2)47-23-13-24-48(40(3)4)67(47)77-69(79)51-31-55(83-43-19-15-27-73(9)35-43)61-63-57(85-45-21-17-29-75(11)37-45)33-53-60-54(72(82)78(71(53)81)68-49(41(5)6)25-14-26-50(68)42(7)8)34-58(86-46-22-18-30-76(12)38-46)64(66(60)63)62-56(84-44-20-16-28-74(10)36-44)32-52(70(77)80)59(51)65(61)62/h13-42H,1-12H3/q+4. The van der Waals surface area contributed by atoms with Crippen molar-refractivity contribution in [2.75, 3.05) is 9.80 Å². The van der Waals surface area contributed by atoms with Crippen LogP contribution in [0.3, 0.4) is 0 Å². The maximum absolute atomic E-state index is 16.2. The molecule has 0 atom stereocenters. The molecular formula is C72H66N6O8+4. The van der Waals surface area contributed by atoms with Crippen molar-refractivity contribution in [3.63, 3.8) is 0 Å². The summed E-state index contributed by atoms with van der Waals surface area (Å²) < 4.78 is 36.4. The molecule has 4 aromatic heterocycles. The van der Waals surface area contributed by atoms with Gasteiger partial charge in [-0.05, 0) is 94.5 Å². The molecule has 0 N–H and O–H groups in total. The number of amides is 4. The van der Waals surface area contributed by atoms with Crippen LogP contribution in [-0.2, 0) is 28.2 Å². The van der Waals surface area contributed by atoms with E-state index in [-0.39, 0.29) is 68.9 Å². The summed E-state index contributed by atoms with van der Waals surface area (Å²) in [7, 11) is 7.57. The van der Waals surface area contributed by atoms with Gasteiger partial charge in [-0.15, -0.1) is 0 Å². The number of ether oxygens (including phenoxy) is 4. The highest BCUT2D eigenvalue weighted by Crippen LogP contribution is 2.59. The Hall–Kier alpha value is -10.1. The minimum absolute atomic E-state index is 0.0707. The average Bonchev–Trinajstić information content (AvgIpc) is 0.717. The highest BCUT2D eigenvalue weighted by molar-refractivity contribution is 6.48. The van der Waals surface area contributed by atoms with Crippen LogP contribution in [-0.4, -0.2) is 23.6 Å². The second-order valence-electron chi connectivity index (χ2n) is 24.0. The molecule has 0 radical (unpaired) electrons. The zero-order valence-electron chi connectivity index (χ0n) is 50.3. The van der Waals surface area contributed by atoms with Gasteiger partial charge in [-0.1, -0.05) is 91.8 Å². The van der Waals surface area contributed by atoms with Gasteiger partial charge in [-0.2, -0.15) is 0 Å². The first-order valence-electron chi connectivity index (χ1n) is 29.2. The Bertz CT molecular complexity index is 4150. The lowest BCUT2D eigenvalue weighted by molar-refractivity contribution is -0.671. The van der Waals surface area contributed by atoms with E-state index in [4.69, 9.17) is 18.9 Å². The number of fused-ring (bicyclic) bond motifs is 2. The van der Waals surface area contributed by atoms with Crippen LogP contribution in [0, 0.1) is 0 Å². The Morgan fingerprint density at radius 1 is 0.314 bits per heavy atom. The summed E-state index contributed by atoms with van der Waals surface area (Å²) in [4.78, 5) is 67.7. The Labute approximate surface area is 498 Å². The van der Waals surface area contributed by atoms with Gasteiger partial charge in [0, 0.05) is 67.4 Å². The number of pyridine rings is 4. The molecule has 11 aromatic rings. The fourth-order valence-corrected chi connectivity index (χ4v) is 12.8. The second kappa shape index (κ2) is 20.9. The Balaban J connectivity index is 1.27. The van der Waals surface area contributed by atoms with Crippen molar-refractivity contribution in [2.45, 2.75) is 79.1 Å². The van der Waals surface area contributed by atoms with Crippen LogP contribution in [0.2, 0.25) is 0 Å². The van der Waals surface area contributed by atoms with E-state index < -0.39 is 23.6 Å². The summed E-state index contributed by atoms with van der Waals surface area (Å²) in [6.45, 7) is 16.5. The van der Waals surface area contributed by atoms with Crippen molar-refractivity contribution >= 4 is 78.1 Å². The molecule has 13 rings (SSSR count). The highest BCUT2D eigenvalue weighted by atomic mass is 16.5. The number of aromatic nitrogens is 4. The maximum atomic E-state index is 16.2. The van der Waals surface area contributed by atoms with Gasteiger partial charge >= 0.3 is 0 Å². The Morgan fingerprint density at radius 3 is 0.756 bits per heavy atom. The van der Waals surface area contributed by atoms with Crippen molar-refractivity contribution in [2.24, 2.45) is 28.2 Å². The van der Waals surface area contributed by atoms with Gasteiger partial charge in [0.1, 0.15) is 51.2 Å². The lowest BCUT2D eigenvalue weighted by Gasteiger charge is -2.35. The van der Waals surface area contributed by atoms with Gasteiger partial charge < -0.3 is 18.9 Å². The molecule has 0 saturated heterocycles. The summed E-state index contributed by atoms with van der Waals surface area (Å²) >= 11 is 0. The van der Waals surface area contributed by atoms with Crippen LogP contribution in [0.4, 0.5) is 11.4 Å². The van der Waals surface area contributed by atoms with Crippen LogP contribution in [0.5, 0.6) is 46.0 Å². The number of aryl methyl sites for hydroxylation is 4. The highest BCUT2D eigenvalue weighted by Gasteiger charge is 2.44. The molecule has 2 aliphatic rings. The van der Waals surface area contributed by atoms with Crippen molar-refractivity contribution in [1.82, 2.24) is 0 Å². The third-order valence-corrected chi connectivity index (χ3v) is 16.6. The molecule has 4 amide bonds. The molecule has 86 heavy (non-hydrogen) atoms. The topological polar surface area (TPSA) is 127 Å². The molecule has 6 heterocycles. The number of para-hydroxylation sites is 2. The van der Waals surface area contributed by atoms with E-state index in [1.54, 1.807) is 24.3 Å². The van der Waals surface area contributed by atoms with Gasteiger partial charge in [-0.3, -0.25) is 19.2 Å². The summed E-state index contributed by atoms with van der Waals surface area (Å²) in [6, 6.07) is 33.6. The Morgan fingerprint density at radius 2 is 0.547 bits per heavy atom. The molecule has 0 saturated carbocycles. The molecule has 2 aliphatic heterocycles. The summed E-state index contributed by atoms with van der Waals surface area (Å²) in [5.41, 5.74) is 5.23. The van der Waals surface area contributed by atoms with Crippen LogP contribution in [0.15, 0.2) is 159 Å². The molecule has 14 nitrogen and oxygen atoms in total. The maximum Gasteiger partial charge on any atom is 0.266 e. The van der Waals surface area contributed by atoms with Crippen molar-refractivity contribution in [1.29, 1.82) is 0 Å². The SMILES string of the molecule is CC(C)c1cccc(C(C)C)c1N1C(=O)c2cc(Oc3ccc[n+](C)c3)c3c4c(Oc5ccc[n+](C)c5)cc5c6c(cc(Oc7ccc[n+](C)c7)c(c7c(Oc8ccc[n+](C)c8)cc(c2c37)C1=O)c64)C(=O)N(c1c(C(C)C)cccc1C(C)C)C5=O. The lowest BCUT2D eigenvalue weighted by Crippen LogP contribution is -2.42. The average molecular weight is 1140 g/mol. The molecule has 0 unspecified atom stereocenters. The first kappa shape index (κ1) is 55.1. The van der Waals surface area contributed by atoms with Crippen molar-refractivity contribution in [3.8, 4) is 46.0 Å². The minimum Gasteiger partial charge on any atom is -0.450 e. The van der Waals surface area contributed by atoms with Crippen molar-refractivity contribution in [3.05, 3.63) is 203 Å². The number of carbonyl (C=O) groups is 4. The summed E-state index contributed by atoms with van der Waals surface area (Å²) in [6.07, 6.45) is 14.9. The van der Waals surface area contributed by atoms with E-state index >= 15 is 19.2 Å². The molecular weight excluding hydrogens is 1080 g/mol. The first-order valence-corrected chi connectivity index (χ1v) is 29.2. The van der Waals surface area contributed by atoms with Crippen LogP contribution < -0.4 is 47.0 Å². The first-order chi connectivity index (χ1) is 41.3. The molecule has 0 bridgehead atoms. The number of anilines is 2. The van der Waals surface area contributed by atoms with Gasteiger partial charge in [0.25, 0.3) is 23.6 Å². The largest absolute Gasteiger partial charge is 0.450 e. The van der Waals surface area contributed by atoms with E-state index in [0.29, 0.717) is 77.5 Å². The summed E-state index contributed by atoms with van der Waals surface area (Å²) in [5, 5.41) is 3.26. The quantitative estimate of drug-likeness (QED) is 0.0456. The zero-order chi connectivity index (χ0) is 60.3. The molecule has 7 aromatic carbocycles. The van der Waals surface area contributed by atoms with Crippen LogP contribution >= 0.6 is 0 Å². The number of carbonyl (C=O) groups excluding carboxylic acids is 4. The van der Waals surface area contributed by atoms with Gasteiger partial charge in [0.2, 0.25) is 24.8 Å². The van der Waals surface area contributed by atoms with E-state index in [1.807, 2.05) is 181 Å². The molecule has 0 spiro atoms. The monoisotopic (exact) mass is 1140 g/mol. The van der Waals surface area contributed by atoms with E-state index in [2.05, 4.69) is 55.4 Å². The number of rotatable bonds is 14.